The normalized spacial score (nSPS) is 18.2. The van der Waals surface area contributed by atoms with Gasteiger partial charge in [0.1, 0.15) is 0 Å². The minimum absolute atomic E-state index is 0.192. The molecule has 0 bridgehead atoms. The lowest BCUT2D eigenvalue weighted by Crippen LogP contribution is -2.37. The molecule has 0 saturated carbocycles. The number of rotatable bonds is 1. The van der Waals surface area contributed by atoms with Crippen molar-refractivity contribution in [2.45, 2.75) is 25.9 Å². The summed E-state index contributed by atoms with van der Waals surface area (Å²) in [5.41, 5.74) is 0.688. The molecule has 0 unspecified atom stereocenters. The summed E-state index contributed by atoms with van der Waals surface area (Å²) in [5.74, 6) is 0.601. The Bertz CT molecular complexity index is 352. The number of hydrogen-bond acceptors (Lipinski definition) is 5. The topological polar surface area (TPSA) is 62.1 Å². The molecular formula is C9H13ClN4O. The maximum absolute atomic E-state index is 9.37. The lowest BCUT2D eigenvalue weighted by molar-refractivity contribution is 0.145. The molecule has 82 valence electrons. The van der Waals surface area contributed by atoms with Gasteiger partial charge in [-0.15, -0.1) is 10.2 Å². The second-order valence-corrected chi connectivity index (χ2v) is 4.06. The Balaban J connectivity index is 2.12. The van der Waals surface area contributed by atoms with E-state index in [2.05, 4.69) is 15.2 Å². The molecule has 1 aliphatic heterocycles. The first-order valence-corrected chi connectivity index (χ1v) is 5.34. The Hall–Kier alpha value is -0.940. The smallest absolute Gasteiger partial charge is 0.245 e. The van der Waals surface area contributed by atoms with Gasteiger partial charge in [-0.3, -0.25) is 0 Å². The van der Waals surface area contributed by atoms with Crippen LogP contribution in [0.3, 0.4) is 0 Å². The van der Waals surface area contributed by atoms with E-state index < -0.39 is 0 Å². The number of piperidine rings is 1. The third-order valence-electron chi connectivity index (χ3n) is 2.54. The second kappa shape index (κ2) is 4.28. The lowest BCUT2D eigenvalue weighted by atomic mass is 10.1. The van der Waals surface area contributed by atoms with Gasteiger partial charge in [0, 0.05) is 13.1 Å². The Morgan fingerprint density at radius 2 is 2.00 bits per heavy atom. The van der Waals surface area contributed by atoms with E-state index in [-0.39, 0.29) is 6.10 Å². The molecule has 1 fully saturated rings. The molecule has 0 aliphatic carbocycles. The summed E-state index contributed by atoms with van der Waals surface area (Å²) in [7, 11) is 0. The van der Waals surface area contributed by atoms with E-state index in [4.69, 9.17) is 11.6 Å². The van der Waals surface area contributed by atoms with Gasteiger partial charge in [-0.1, -0.05) is 11.6 Å². The van der Waals surface area contributed by atoms with Crippen LogP contribution in [0.2, 0.25) is 5.15 Å². The highest BCUT2D eigenvalue weighted by Crippen LogP contribution is 2.17. The fraction of sp³-hybridized carbons (Fsp3) is 0.667. The molecule has 0 atom stereocenters. The Kier molecular flexibility index (Phi) is 3.02. The molecule has 0 amide bonds. The van der Waals surface area contributed by atoms with Crippen LogP contribution in [0.25, 0.3) is 0 Å². The van der Waals surface area contributed by atoms with E-state index in [1.54, 1.807) is 6.92 Å². The molecule has 6 heteroatoms. The van der Waals surface area contributed by atoms with Gasteiger partial charge in [0.2, 0.25) is 5.95 Å². The highest BCUT2D eigenvalue weighted by atomic mass is 35.5. The van der Waals surface area contributed by atoms with Crippen molar-refractivity contribution in [3.63, 3.8) is 0 Å². The molecule has 0 aromatic carbocycles. The van der Waals surface area contributed by atoms with Crippen LogP contribution in [0.5, 0.6) is 0 Å². The number of anilines is 1. The monoisotopic (exact) mass is 228 g/mol. The predicted octanol–water partition coefficient (Wildman–Crippen LogP) is 0.795. The molecule has 5 nitrogen and oxygen atoms in total. The fourth-order valence-electron chi connectivity index (χ4n) is 1.58. The minimum Gasteiger partial charge on any atom is -0.393 e. The first-order chi connectivity index (χ1) is 7.16. The number of hydrogen-bond donors (Lipinski definition) is 1. The zero-order valence-corrected chi connectivity index (χ0v) is 9.28. The fourth-order valence-corrected chi connectivity index (χ4v) is 1.66. The van der Waals surface area contributed by atoms with Crippen molar-refractivity contribution in [3.05, 3.63) is 10.8 Å². The van der Waals surface area contributed by atoms with Gasteiger partial charge in [0.25, 0.3) is 0 Å². The predicted molar refractivity (Wildman–Crippen MR) is 57.0 cm³/mol. The maximum atomic E-state index is 9.37. The average molecular weight is 229 g/mol. The molecule has 2 rings (SSSR count). The van der Waals surface area contributed by atoms with Crippen LogP contribution in [0.1, 0.15) is 18.5 Å². The van der Waals surface area contributed by atoms with Crippen molar-refractivity contribution in [1.82, 2.24) is 15.2 Å². The Labute approximate surface area is 93.1 Å². The molecule has 1 N–H and O–H groups in total. The molecule has 1 aromatic heterocycles. The Morgan fingerprint density at radius 1 is 1.33 bits per heavy atom. The van der Waals surface area contributed by atoms with Gasteiger partial charge in [-0.25, -0.2) is 4.98 Å². The van der Waals surface area contributed by atoms with Crippen LogP contribution in [0.4, 0.5) is 5.95 Å². The largest absolute Gasteiger partial charge is 0.393 e. The zero-order valence-electron chi connectivity index (χ0n) is 8.52. The van der Waals surface area contributed by atoms with Crippen molar-refractivity contribution in [3.8, 4) is 0 Å². The average Bonchev–Trinajstić information content (AvgIpc) is 2.23. The number of aryl methyl sites for hydroxylation is 1. The minimum atomic E-state index is -0.192. The van der Waals surface area contributed by atoms with Crippen LogP contribution in [0, 0.1) is 6.92 Å². The first-order valence-electron chi connectivity index (χ1n) is 4.96. The third kappa shape index (κ3) is 2.35. The van der Waals surface area contributed by atoms with Gasteiger partial charge in [0.15, 0.2) is 5.15 Å². The number of aliphatic hydroxyl groups is 1. The summed E-state index contributed by atoms with van der Waals surface area (Å²) < 4.78 is 0. The van der Waals surface area contributed by atoms with Crippen LogP contribution in [0.15, 0.2) is 0 Å². The van der Waals surface area contributed by atoms with Crippen LogP contribution in [-0.2, 0) is 0 Å². The summed E-state index contributed by atoms with van der Waals surface area (Å²) in [4.78, 5) is 6.28. The lowest BCUT2D eigenvalue weighted by Gasteiger charge is -2.29. The van der Waals surface area contributed by atoms with E-state index in [0.29, 0.717) is 16.8 Å². The molecule has 0 radical (unpaired) electrons. The second-order valence-electron chi connectivity index (χ2n) is 3.71. The molecule has 1 aliphatic rings. The number of aromatic nitrogens is 3. The highest BCUT2D eigenvalue weighted by Gasteiger charge is 2.19. The van der Waals surface area contributed by atoms with Gasteiger partial charge in [-0.05, 0) is 19.8 Å². The van der Waals surface area contributed by atoms with Crippen LogP contribution < -0.4 is 4.90 Å². The summed E-state index contributed by atoms with van der Waals surface area (Å²) in [6.45, 7) is 3.34. The van der Waals surface area contributed by atoms with Crippen molar-refractivity contribution in [1.29, 1.82) is 0 Å². The molecule has 15 heavy (non-hydrogen) atoms. The van der Waals surface area contributed by atoms with Gasteiger partial charge >= 0.3 is 0 Å². The van der Waals surface area contributed by atoms with E-state index in [1.165, 1.54) is 0 Å². The Morgan fingerprint density at radius 3 is 2.60 bits per heavy atom. The molecular weight excluding hydrogens is 216 g/mol. The standard InChI is InChI=1S/C9H13ClN4O/c1-6-8(10)12-13-9(11-6)14-4-2-7(15)3-5-14/h7,15H,2-5H2,1H3. The van der Waals surface area contributed by atoms with Crippen molar-refractivity contribution in [2.24, 2.45) is 0 Å². The van der Waals surface area contributed by atoms with Crippen molar-refractivity contribution in [2.75, 3.05) is 18.0 Å². The maximum Gasteiger partial charge on any atom is 0.245 e. The number of nitrogens with zero attached hydrogens (tertiary/aromatic N) is 4. The van der Waals surface area contributed by atoms with E-state index in [9.17, 15) is 5.11 Å². The third-order valence-corrected chi connectivity index (χ3v) is 2.89. The van der Waals surface area contributed by atoms with E-state index in [0.717, 1.165) is 25.9 Å². The van der Waals surface area contributed by atoms with Gasteiger partial charge in [-0.2, -0.15) is 0 Å². The van der Waals surface area contributed by atoms with Crippen molar-refractivity contribution < 1.29 is 5.11 Å². The van der Waals surface area contributed by atoms with Gasteiger partial charge in [0.05, 0.1) is 11.8 Å². The van der Waals surface area contributed by atoms with Gasteiger partial charge < -0.3 is 10.0 Å². The summed E-state index contributed by atoms with van der Waals surface area (Å²) in [5, 5.41) is 17.5. The summed E-state index contributed by atoms with van der Waals surface area (Å²) in [6.07, 6.45) is 1.32. The van der Waals surface area contributed by atoms with Crippen LogP contribution in [-0.4, -0.2) is 39.5 Å². The summed E-state index contributed by atoms with van der Waals surface area (Å²) >= 11 is 5.75. The van der Waals surface area contributed by atoms with E-state index >= 15 is 0 Å². The quantitative estimate of drug-likeness (QED) is 0.770. The van der Waals surface area contributed by atoms with Crippen molar-refractivity contribution >= 4 is 17.5 Å². The highest BCUT2D eigenvalue weighted by molar-refractivity contribution is 6.29. The molecule has 2 heterocycles. The molecule has 0 spiro atoms. The number of halogens is 1. The number of aliphatic hydroxyl groups excluding tert-OH is 1. The SMILES string of the molecule is Cc1nc(N2CCC(O)CC2)nnc1Cl. The molecule has 1 saturated heterocycles. The van der Waals surface area contributed by atoms with E-state index in [1.807, 2.05) is 4.90 Å². The zero-order chi connectivity index (χ0) is 10.8. The molecule has 1 aromatic rings. The first kappa shape index (κ1) is 10.6. The van der Waals surface area contributed by atoms with Crippen LogP contribution >= 0.6 is 11.6 Å². The summed E-state index contributed by atoms with van der Waals surface area (Å²) in [6, 6.07) is 0.